The molecule has 0 spiro atoms. The Labute approximate surface area is 80.1 Å². The van der Waals surface area contributed by atoms with Gasteiger partial charge in [0.1, 0.15) is 0 Å². The summed E-state index contributed by atoms with van der Waals surface area (Å²) in [4.78, 5) is 0. The van der Waals surface area contributed by atoms with Crippen LogP contribution in [0.1, 0.15) is 33.1 Å². The van der Waals surface area contributed by atoms with Crippen LogP contribution in [-0.4, -0.2) is 17.4 Å². The average molecular weight is 195 g/mol. The van der Waals surface area contributed by atoms with E-state index >= 15 is 0 Å². The Kier molecular flexibility index (Phi) is 7.72. The molecule has 0 saturated carbocycles. The molecule has 0 aromatic heterocycles. The topological polar surface area (TPSA) is 0 Å². The summed E-state index contributed by atoms with van der Waals surface area (Å²) < 4.78 is 0. The van der Waals surface area contributed by atoms with E-state index in [-0.39, 0.29) is 0 Å². The van der Waals surface area contributed by atoms with Crippen LogP contribution in [0.25, 0.3) is 0 Å². The van der Waals surface area contributed by atoms with E-state index < -0.39 is 0 Å². The highest BCUT2D eigenvalue weighted by Gasteiger charge is 2.05. The van der Waals surface area contributed by atoms with Gasteiger partial charge in [-0.25, -0.2) is 0 Å². The lowest BCUT2D eigenvalue weighted by molar-refractivity contribution is 0.542. The smallest absolute Gasteiger partial charge is 0.0338 e. The molecule has 2 heteroatoms. The van der Waals surface area contributed by atoms with Crippen molar-refractivity contribution in [3.05, 3.63) is 0 Å². The van der Waals surface area contributed by atoms with Gasteiger partial charge in [-0.1, -0.05) is 13.8 Å². The molecule has 0 nitrogen and oxygen atoms in total. The van der Waals surface area contributed by atoms with Gasteiger partial charge in [-0.15, -0.1) is 11.6 Å². The third-order valence-electron chi connectivity index (χ3n) is 1.59. The van der Waals surface area contributed by atoms with Crippen LogP contribution in [0.5, 0.6) is 0 Å². The predicted molar refractivity (Wildman–Crippen MR) is 56.7 cm³/mol. The molecule has 0 radical (unpaired) electrons. The molecule has 68 valence electrons. The van der Waals surface area contributed by atoms with Crippen molar-refractivity contribution >= 4 is 23.4 Å². The molecule has 0 aromatic carbocycles. The van der Waals surface area contributed by atoms with E-state index in [0.717, 1.165) is 12.3 Å². The van der Waals surface area contributed by atoms with Crippen molar-refractivity contribution in [1.29, 1.82) is 0 Å². The molecule has 0 bridgehead atoms. The summed E-state index contributed by atoms with van der Waals surface area (Å²) >= 11 is 8.01. The van der Waals surface area contributed by atoms with Gasteiger partial charge in [0, 0.05) is 5.38 Å². The van der Waals surface area contributed by atoms with Crippen LogP contribution in [0.4, 0.5) is 0 Å². The first-order chi connectivity index (χ1) is 5.16. The van der Waals surface area contributed by atoms with Crippen LogP contribution in [0.2, 0.25) is 0 Å². The first kappa shape index (κ1) is 11.6. The molecule has 0 heterocycles. The van der Waals surface area contributed by atoms with Crippen molar-refractivity contribution in [2.75, 3.05) is 12.0 Å². The van der Waals surface area contributed by atoms with Crippen molar-refractivity contribution in [3.8, 4) is 0 Å². The van der Waals surface area contributed by atoms with E-state index in [1.54, 1.807) is 0 Å². The van der Waals surface area contributed by atoms with Gasteiger partial charge < -0.3 is 0 Å². The fourth-order valence-electron chi connectivity index (χ4n) is 1.08. The first-order valence-electron chi connectivity index (χ1n) is 4.29. The molecule has 0 N–H and O–H groups in total. The molecule has 1 atom stereocenters. The Balaban J connectivity index is 3.15. The highest BCUT2D eigenvalue weighted by molar-refractivity contribution is 7.98. The second kappa shape index (κ2) is 7.30. The Morgan fingerprint density at radius 1 is 1.36 bits per heavy atom. The van der Waals surface area contributed by atoms with E-state index in [4.69, 9.17) is 11.6 Å². The highest BCUT2D eigenvalue weighted by Crippen LogP contribution is 2.16. The zero-order valence-corrected chi connectivity index (χ0v) is 9.34. The second-order valence-electron chi connectivity index (χ2n) is 3.36. The number of halogens is 1. The lowest BCUT2D eigenvalue weighted by Crippen LogP contribution is -2.03. The molecular weight excluding hydrogens is 176 g/mol. The van der Waals surface area contributed by atoms with Gasteiger partial charge in [0.2, 0.25) is 0 Å². The van der Waals surface area contributed by atoms with Crippen molar-refractivity contribution in [2.24, 2.45) is 5.92 Å². The number of thioether (sulfide) groups is 1. The molecule has 0 fully saturated rings. The van der Waals surface area contributed by atoms with E-state index in [1.807, 2.05) is 11.8 Å². The van der Waals surface area contributed by atoms with Crippen LogP contribution in [0.3, 0.4) is 0 Å². The minimum Gasteiger partial charge on any atom is -0.165 e. The van der Waals surface area contributed by atoms with Crippen LogP contribution >= 0.6 is 23.4 Å². The summed E-state index contributed by atoms with van der Waals surface area (Å²) in [6.07, 6.45) is 5.75. The van der Waals surface area contributed by atoms with Gasteiger partial charge in [0.25, 0.3) is 0 Å². The Hall–Kier alpha value is 0.640. The number of hydrogen-bond donors (Lipinski definition) is 0. The third-order valence-corrected chi connectivity index (χ3v) is 2.69. The van der Waals surface area contributed by atoms with Crippen LogP contribution in [-0.2, 0) is 0 Å². The average Bonchev–Trinajstić information content (AvgIpc) is 1.86. The lowest BCUT2D eigenvalue weighted by atomic mass is 10.1. The molecule has 0 aliphatic carbocycles. The van der Waals surface area contributed by atoms with Crippen molar-refractivity contribution < 1.29 is 0 Å². The number of rotatable bonds is 6. The van der Waals surface area contributed by atoms with Gasteiger partial charge in [-0.2, -0.15) is 11.8 Å². The predicted octanol–water partition coefficient (Wildman–Crippen LogP) is 3.78. The highest BCUT2D eigenvalue weighted by atomic mass is 35.5. The Morgan fingerprint density at radius 3 is 2.45 bits per heavy atom. The Bertz CT molecular complexity index is 83.6. The maximum absolute atomic E-state index is 6.10. The molecule has 0 aromatic rings. The quantitative estimate of drug-likeness (QED) is 0.458. The monoisotopic (exact) mass is 194 g/mol. The van der Waals surface area contributed by atoms with Crippen LogP contribution in [0.15, 0.2) is 0 Å². The fourth-order valence-corrected chi connectivity index (χ4v) is 2.04. The molecule has 0 amide bonds. The molecule has 11 heavy (non-hydrogen) atoms. The number of alkyl halides is 1. The Morgan fingerprint density at radius 2 is 2.00 bits per heavy atom. The molecule has 1 unspecified atom stereocenters. The third kappa shape index (κ3) is 8.55. The van der Waals surface area contributed by atoms with Crippen LogP contribution in [0, 0.1) is 5.92 Å². The van der Waals surface area contributed by atoms with E-state index in [2.05, 4.69) is 20.1 Å². The minimum atomic E-state index is 0.405. The second-order valence-corrected chi connectivity index (χ2v) is 4.96. The van der Waals surface area contributed by atoms with E-state index in [0.29, 0.717) is 5.38 Å². The lowest BCUT2D eigenvalue weighted by Gasteiger charge is -2.10. The van der Waals surface area contributed by atoms with E-state index in [1.165, 1.54) is 18.6 Å². The van der Waals surface area contributed by atoms with Gasteiger partial charge in [0.05, 0.1) is 0 Å². The molecular formula is C9H19ClS. The van der Waals surface area contributed by atoms with Gasteiger partial charge in [-0.3, -0.25) is 0 Å². The van der Waals surface area contributed by atoms with Gasteiger partial charge in [0.15, 0.2) is 0 Å². The van der Waals surface area contributed by atoms with Gasteiger partial charge in [-0.05, 0) is 37.2 Å². The maximum Gasteiger partial charge on any atom is 0.0338 e. The zero-order chi connectivity index (χ0) is 8.69. The summed E-state index contributed by atoms with van der Waals surface area (Å²) in [6.45, 7) is 4.45. The number of hydrogen-bond acceptors (Lipinski definition) is 1. The minimum absolute atomic E-state index is 0.405. The van der Waals surface area contributed by atoms with Crippen molar-refractivity contribution in [3.63, 3.8) is 0 Å². The summed E-state index contributed by atoms with van der Waals surface area (Å²) in [5.74, 6) is 1.99. The normalized spacial score (nSPS) is 13.9. The summed E-state index contributed by atoms with van der Waals surface area (Å²) in [6, 6.07) is 0. The van der Waals surface area contributed by atoms with Crippen LogP contribution < -0.4 is 0 Å². The van der Waals surface area contributed by atoms with Crippen molar-refractivity contribution in [2.45, 2.75) is 38.5 Å². The summed E-state index contributed by atoms with van der Waals surface area (Å²) in [5.41, 5.74) is 0. The summed E-state index contributed by atoms with van der Waals surface area (Å²) in [7, 11) is 0. The standard InChI is InChI=1S/C9H19ClS/c1-8(2)7-9(10)5-4-6-11-3/h8-9H,4-7H2,1-3H3. The maximum atomic E-state index is 6.10. The van der Waals surface area contributed by atoms with E-state index in [9.17, 15) is 0 Å². The first-order valence-corrected chi connectivity index (χ1v) is 6.12. The molecule has 0 aliphatic rings. The van der Waals surface area contributed by atoms with Crippen molar-refractivity contribution in [1.82, 2.24) is 0 Å². The molecule has 0 rings (SSSR count). The van der Waals surface area contributed by atoms with Gasteiger partial charge >= 0.3 is 0 Å². The molecule has 0 saturated heterocycles. The molecule has 0 aliphatic heterocycles. The fraction of sp³-hybridized carbons (Fsp3) is 1.00. The summed E-state index contributed by atoms with van der Waals surface area (Å²) in [5, 5.41) is 0.405. The zero-order valence-electron chi connectivity index (χ0n) is 7.77. The largest absolute Gasteiger partial charge is 0.165 e. The SMILES string of the molecule is CSCCCC(Cl)CC(C)C.